The third-order valence-corrected chi connectivity index (χ3v) is 4.83. The molecule has 0 saturated heterocycles. The third-order valence-electron chi connectivity index (χ3n) is 4.83. The van der Waals surface area contributed by atoms with Gasteiger partial charge in [0.15, 0.2) is 0 Å². The molecular formula is C20H56HfN4+8. The van der Waals surface area contributed by atoms with Gasteiger partial charge in [-0.05, 0) is 55.4 Å². The van der Waals surface area contributed by atoms with Gasteiger partial charge in [-0.3, -0.25) is 0 Å². The molecule has 0 saturated carbocycles. The molecule has 5 heteroatoms. The van der Waals surface area contributed by atoms with Gasteiger partial charge in [-0.2, -0.15) is 0 Å². The van der Waals surface area contributed by atoms with Crippen LogP contribution in [-0.2, 0) is 25.8 Å². The fraction of sp³-hybridized carbons (Fsp3) is 1.00. The van der Waals surface area contributed by atoms with Crippen LogP contribution in [0.3, 0.4) is 0 Å². The van der Waals surface area contributed by atoms with E-state index in [0.717, 1.165) is 0 Å². The Morgan fingerprint density at radius 1 is 0.320 bits per heavy atom. The molecule has 0 atom stereocenters. The minimum absolute atomic E-state index is 0. The van der Waals surface area contributed by atoms with Crippen molar-refractivity contribution in [2.75, 3.05) is 80.5 Å². The first-order valence-corrected chi connectivity index (χ1v) is 10.5. The zero-order valence-corrected chi connectivity index (χ0v) is 23.7. The van der Waals surface area contributed by atoms with E-state index in [1.54, 1.807) is 19.6 Å². The van der Waals surface area contributed by atoms with Gasteiger partial charge in [0.1, 0.15) is 0 Å². The van der Waals surface area contributed by atoms with Crippen LogP contribution in [-0.4, -0.2) is 80.5 Å². The van der Waals surface area contributed by atoms with Crippen LogP contribution < -0.4 is 19.6 Å². The van der Waals surface area contributed by atoms with Crippen molar-refractivity contribution in [2.45, 2.75) is 55.4 Å². The van der Waals surface area contributed by atoms with Gasteiger partial charge < -0.3 is 19.6 Å². The summed E-state index contributed by atoms with van der Waals surface area (Å²) >= 11 is 0. The van der Waals surface area contributed by atoms with Crippen LogP contribution in [0.4, 0.5) is 0 Å². The molecule has 0 aliphatic rings. The largest absolute Gasteiger partial charge is 4.00 e. The molecule has 0 amide bonds. The zero-order valence-electron chi connectivity index (χ0n) is 20.2. The summed E-state index contributed by atoms with van der Waals surface area (Å²) in [6.45, 7) is 27.5. The minimum atomic E-state index is 0. The van der Waals surface area contributed by atoms with Gasteiger partial charge in [-0.15, -0.1) is 0 Å². The van der Waals surface area contributed by atoms with E-state index in [0.29, 0.717) is 0 Å². The number of hydrogen-bond donors (Lipinski definition) is 4. The summed E-state index contributed by atoms with van der Waals surface area (Å²) in [5.41, 5.74) is 0. The molecule has 0 unspecified atom stereocenters. The summed E-state index contributed by atoms with van der Waals surface area (Å²) in [6, 6.07) is 0. The van der Waals surface area contributed by atoms with Crippen LogP contribution in [0, 0.1) is 0 Å². The van der Waals surface area contributed by atoms with E-state index in [1.165, 1.54) is 52.4 Å². The van der Waals surface area contributed by atoms with Crippen LogP contribution in [0.1, 0.15) is 55.4 Å². The standard InChI is InChI=1S/4C5H13N.Hf/c4*1-4-6(3)5-2;/h4*4-5H2,1-3H3;/q;;;;+4/p+4. The fourth-order valence-corrected chi connectivity index (χ4v) is 1.000. The van der Waals surface area contributed by atoms with E-state index in [1.807, 2.05) is 0 Å². The molecule has 0 fully saturated rings. The van der Waals surface area contributed by atoms with Gasteiger partial charge in [0, 0.05) is 0 Å². The Hall–Kier alpha value is 0.710. The smallest absolute Gasteiger partial charge is 0.338 e. The van der Waals surface area contributed by atoms with E-state index in [2.05, 4.69) is 83.6 Å². The van der Waals surface area contributed by atoms with Gasteiger partial charge in [-0.25, -0.2) is 0 Å². The van der Waals surface area contributed by atoms with Crippen LogP contribution in [0.25, 0.3) is 0 Å². The van der Waals surface area contributed by atoms with Gasteiger partial charge in [-0.1, -0.05) is 0 Å². The Labute approximate surface area is 181 Å². The Balaban J connectivity index is -0.0000000702. The van der Waals surface area contributed by atoms with Gasteiger partial charge in [0.25, 0.3) is 0 Å². The van der Waals surface area contributed by atoms with Crippen molar-refractivity contribution in [1.82, 2.24) is 0 Å². The first-order chi connectivity index (χ1) is 11.2. The van der Waals surface area contributed by atoms with E-state index in [-0.39, 0.29) is 25.8 Å². The molecule has 152 valence electrons. The quantitative estimate of drug-likeness (QED) is 0.264. The van der Waals surface area contributed by atoms with Crippen molar-refractivity contribution in [3.8, 4) is 0 Å². The fourth-order valence-electron chi connectivity index (χ4n) is 1.000. The van der Waals surface area contributed by atoms with E-state index in [4.69, 9.17) is 0 Å². The molecule has 0 spiro atoms. The van der Waals surface area contributed by atoms with Crippen molar-refractivity contribution in [3.05, 3.63) is 0 Å². The van der Waals surface area contributed by atoms with Gasteiger partial charge >= 0.3 is 25.8 Å². The zero-order chi connectivity index (χ0) is 20.0. The maximum atomic E-state index is 2.19. The second kappa shape index (κ2) is 32.4. The average Bonchev–Trinajstić information content (AvgIpc) is 2.66. The van der Waals surface area contributed by atoms with Crippen molar-refractivity contribution >= 4 is 0 Å². The van der Waals surface area contributed by atoms with Crippen LogP contribution in [0.15, 0.2) is 0 Å². The first-order valence-electron chi connectivity index (χ1n) is 10.5. The average molecular weight is 531 g/mol. The maximum absolute atomic E-state index is 2.19. The molecule has 4 N–H and O–H groups in total. The Kier molecular flexibility index (Phi) is 47.4. The number of rotatable bonds is 8. The molecule has 4 nitrogen and oxygen atoms in total. The third kappa shape index (κ3) is 45.6. The number of hydrogen-bond acceptors (Lipinski definition) is 0. The summed E-state index contributed by atoms with van der Waals surface area (Å²) in [7, 11) is 8.78. The maximum Gasteiger partial charge on any atom is 4.00 e. The molecule has 25 heavy (non-hydrogen) atoms. The van der Waals surface area contributed by atoms with Crippen molar-refractivity contribution in [2.24, 2.45) is 0 Å². The molecule has 0 aromatic carbocycles. The van der Waals surface area contributed by atoms with E-state index < -0.39 is 0 Å². The Bertz CT molecular complexity index is 139. The molecule has 0 radical (unpaired) electrons. The molecule has 0 bridgehead atoms. The summed E-state index contributed by atoms with van der Waals surface area (Å²) in [5, 5.41) is 0. The summed E-state index contributed by atoms with van der Waals surface area (Å²) in [6.07, 6.45) is 0. The predicted molar refractivity (Wildman–Crippen MR) is 112 cm³/mol. The molecule has 0 aliphatic carbocycles. The molecule has 0 aromatic heterocycles. The monoisotopic (exact) mass is 532 g/mol. The second-order valence-electron chi connectivity index (χ2n) is 6.66. The Morgan fingerprint density at radius 2 is 0.400 bits per heavy atom. The predicted octanol–water partition coefficient (Wildman–Crippen LogP) is -1.84. The van der Waals surface area contributed by atoms with Crippen LogP contribution >= 0.6 is 0 Å². The van der Waals surface area contributed by atoms with E-state index >= 15 is 0 Å². The Morgan fingerprint density at radius 3 is 0.400 bits per heavy atom. The van der Waals surface area contributed by atoms with Crippen molar-refractivity contribution < 1.29 is 45.4 Å². The minimum Gasteiger partial charge on any atom is -0.338 e. The summed E-state index contributed by atoms with van der Waals surface area (Å²) in [4.78, 5) is 6.37. The van der Waals surface area contributed by atoms with Crippen LogP contribution in [0.5, 0.6) is 0 Å². The number of quaternary nitrogens is 4. The SMILES string of the molecule is CC[NH+](C)CC.CC[NH+](C)CC.CC[NH+](C)CC.CC[NH+](C)CC.[Hf+4]. The first kappa shape index (κ1) is 36.6. The molecule has 0 rings (SSSR count). The molecule has 0 aromatic rings. The van der Waals surface area contributed by atoms with Crippen molar-refractivity contribution in [3.63, 3.8) is 0 Å². The number of nitrogens with one attached hydrogen (secondary N) is 4. The topological polar surface area (TPSA) is 17.8 Å². The molecular weight excluding hydrogens is 475 g/mol. The van der Waals surface area contributed by atoms with E-state index in [9.17, 15) is 0 Å². The van der Waals surface area contributed by atoms with Gasteiger partial charge in [0.05, 0.1) is 80.5 Å². The van der Waals surface area contributed by atoms with Crippen molar-refractivity contribution in [1.29, 1.82) is 0 Å². The van der Waals surface area contributed by atoms with Crippen LogP contribution in [0.2, 0.25) is 0 Å². The molecule has 0 heterocycles. The second-order valence-corrected chi connectivity index (χ2v) is 6.66. The normalized spacial score (nSPS) is 9.60. The summed E-state index contributed by atoms with van der Waals surface area (Å²) in [5.74, 6) is 0. The molecule has 0 aliphatic heterocycles. The van der Waals surface area contributed by atoms with Gasteiger partial charge in [0.2, 0.25) is 0 Å². The summed E-state index contributed by atoms with van der Waals surface area (Å²) < 4.78 is 0.